The van der Waals surface area contributed by atoms with Crippen molar-refractivity contribution in [1.82, 2.24) is 0 Å². The summed E-state index contributed by atoms with van der Waals surface area (Å²) in [5.41, 5.74) is 0. The predicted molar refractivity (Wildman–Crippen MR) is 68.1 cm³/mol. The second-order valence-electron chi connectivity index (χ2n) is 2.95. The molecule has 0 spiro atoms. The summed E-state index contributed by atoms with van der Waals surface area (Å²) in [4.78, 5) is -0.0457. The molecule has 0 aliphatic carbocycles. The average Bonchev–Trinajstić information content (AvgIpc) is 2.15. The third-order valence-electron chi connectivity index (χ3n) is 2.03. The second-order valence-corrected chi connectivity index (χ2v) is 4.34. The Morgan fingerprint density at radius 3 is 2.06 bits per heavy atom. The second kappa shape index (κ2) is 6.52. The summed E-state index contributed by atoms with van der Waals surface area (Å²) in [6.45, 7) is 0. The molecule has 16 heavy (non-hydrogen) atoms. The van der Waals surface area contributed by atoms with Gasteiger partial charge in [0.1, 0.15) is 4.90 Å². The number of fused-ring (bicyclic) bond motifs is 1. The van der Waals surface area contributed by atoms with Crippen LogP contribution < -0.4 is 0 Å². The summed E-state index contributed by atoms with van der Waals surface area (Å²) >= 11 is 0. The monoisotopic (exact) mass is 256 g/mol. The summed E-state index contributed by atoms with van der Waals surface area (Å²) in [6, 6.07) is 11.8. The van der Waals surface area contributed by atoms with E-state index in [1.54, 1.807) is 30.3 Å². The molecular formula is C10H10Na2O3S. The Balaban J connectivity index is 0.00000112. The Bertz CT molecular complexity index is 576. The van der Waals surface area contributed by atoms with Crippen molar-refractivity contribution in [2.24, 2.45) is 0 Å². The van der Waals surface area contributed by atoms with Crippen LogP contribution in [0, 0.1) is 0 Å². The fourth-order valence-electron chi connectivity index (χ4n) is 1.42. The molecule has 0 aliphatic rings. The standard InChI is InChI=1S/C10H8O3S.2Na.2H/c11-14(12,13)10-7-3-5-8-4-1-2-6-9(8)10;;;;/h1-7H,(H,11,12,13);;;;. The van der Waals surface area contributed by atoms with E-state index in [-0.39, 0.29) is 64.0 Å². The van der Waals surface area contributed by atoms with E-state index in [0.29, 0.717) is 5.39 Å². The quantitative estimate of drug-likeness (QED) is 0.606. The van der Waals surface area contributed by atoms with Gasteiger partial charge in [0.2, 0.25) is 0 Å². The predicted octanol–water partition coefficient (Wildman–Crippen LogP) is 0.789. The van der Waals surface area contributed by atoms with Crippen LogP contribution in [0.3, 0.4) is 0 Å². The zero-order valence-corrected chi connectivity index (χ0v) is 8.03. The fraction of sp³-hybridized carbons (Fsp3) is 0. The molecule has 0 aromatic heterocycles. The van der Waals surface area contributed by atoms with Crippen molar-refractivity contribution in [3.8, 4) is 0 Å². The number of benzene rings is 2. The van der Waals surface area contributed by atoms with Crippen molar-refractivity contribution in [1.29, 1.82) is 0 Å². The molecule has 0 saturated heterocycles. The molecule has 0 fully saturated rings. The van der Waals surface area contributed by atoms with E-state index in [1.165, 1.54) is 6.07 Å². The summed E-state index contributed by atoms with van der Waals surface area (Å²) in [7, 11) is -4.13. The molecule has 1 N–H and O–H groups in total. The van der Waals surface area contributed by atoms with Gasteiger partial charge in [0.25, 0.3) is 10.1 Å². The van der Waals surface area contributed by atoms with Crippen LogP contribution in [0.4, 0.5) is 0 Å². The normalized spacial score (nSPS) is 10.3. The van der Waals surface area contributed by atoms with Gasteiger partial charge in [-0.25, -0.2) is 0 Å². The summed E-state index contributed by atoms with van der Waals surface area (Å²) in [6.07, 6.45) is 0. The van der Waals surface area contributed by atoms with E-state index in [1.807, 2.05) is 6.07 Å². The van der Waals surface area contributed by atoms with E-state index in [9.17, 15) is 8.42 Å². The molecular weight excluding hydrogens is 246 g/mol. The Hall–Kier alpha value is 0.610. The first kappa shape index (κ1) is 16.6. The van der Waals surface area contributed by atoms with Crippen LogP contribution in [-0.4, -0.2) is 72.1 Å². The third-order valence-corrected chi connectivity index (χ3v) is 2.94. The minimum absolute atomic E-state index is 0. The zero-order valence-electron chi connectivity index (χ0n) is 7.21. The molecule has 0 atom stereocenters. The van der Waals surface area contributed by atoms with Crippen LogP contribution in [0.5, 0.6) is 0 Å². The molecule has 3 nitrogen and oxygen atoms in total. The number of hydrogen-bond acceptors (Lipinski definition) is 2. The summed E-state index contributed by atoms with van der Waals surface area (Å²) in [5, 5.41) is 1.33. The van der Waals surface area contributed by atoms with Crippen LogP contribution in [0.15, 0.2) is 47.4 Å². The van der Waals surface area contributed by atoms with Crippen LogP contribution >= 0.6 is 0 Å². The van der Waals surface area contributed by atoms with Gasteiger partial charge in [0.05, 0.1) is 0 Å². The van der Waals surface area contributed by atoms with Gasteiger partial charge in [-0.15, -0.1) is 0 Å². The van der Waals surface area contributed by atoms with Gasteiger partial charge in [-0.2, -0.15) is 8.42 Å². The van der Waals surface area contributed by atoms with Gasteiger partial charge >= 0.3 is 59.1 Å². The summed E-state index contributed by atoms with van der Waals surface area (Å²) in [5.74, 6) is 0. The Morgan fingerprint density at radius 1 is 0.875 bits per heavy atom. The Labute approximate surface area is 139 Å². The first-order valence-electron chi connectivity index (χ1n) is 4.04. The molecule has 2 rings (SSSR count). The Kier molecular flexibility index (Phi) is 6.77. The molecule has 0 heterocycles. The van der Waals surface area contributed by atoms with Crippen molar-refractivity contribution in [3.63, 3.8) is 0 Å². The first-order valence-corrected chi connectivity index (χ1v) is 5.48. The third kappa shape index (κ3) is 3.55. The van der Waals surface area contributed by atoms with Gasteiger partial charge in [-0.3, -0.25) is 4.55 Å². The topological polar surface area (TPSA) is 54.4 Å². The van der Waals surface area contributed by atoms with Crippen molar-refractivity contribution in [2.45, 2.75) is 4.90 Å². The molecule has 2 aromatic rings. The maximum atomic E-state index is 11.0. The van der Waals surface area contributed by atoms with Gasteiger partial charge < -0.3 is 0 Å². The van der Waals surface area contributed by atoms with Gasteiger partial charge in [-0.1, -0.05) is 36.4 Å². The molecule has 0 radical (unpaired) electrons. The van der Waals surface area contributed by atoms with Crippen molar-refractivity contribution < 1.29 is 13.0 Å². The van der Waals surface area contributed by atoms with Gasteiger partial charge in [0, 0.05) is 5.39 Å². The minimum atomic E-state index is -4.13. The number of rotatable bonds is 1. The van der Waals surface area contributed by atoms with Crippen LogP contribution in [-0.2, 0) is 10.1 Å². The summed E-state index contributed by atoms with van der Waals surface area (Å²) < 4.78 is 31.0. The average molecular weight is 256 g/mol. The molecule has 6 heteroatoms. The van der Waals surface area contributed by atoms with Crippen LogP contribution in [0.25, 0.3) is 10.8 Å². The maximum absolute atomic E-state index is 11.0. The molecule has 0 bridgehead atoms. The van der Waals surface area contributed by atoms with Crippen molar-refractivity contribution in [2.75, 3.05) is 0 Å². The molecule has 0 unspecified atom stereocenters. The van der Waals surface area contributed by atoms with E-state index in [4.69, 9.17) is 4.55 Å². The Morgan fingerprint density at radius 2 is 1.44 bits per heavy atom. The zero-order chi connectivity index (χ0) is 10.2. The van der Waals surface area contributed by atoms with E-state index in [2.05, 4.69) is 0 Å². The van der Waals surface area contributed by atoms with E-state index in [0.717, 1.165) is 5.39 Å². The molecule has 0 aliphatic heterocycles. The van der Waals surface area contributed by atoms with Gasteiger partial charge in [0.15, 0.2) is 0 Å². The number of hydrogen-bond donors (Lipinski definition) is 1. The molecule has 2 aromatic carbocycles. The molecule has 76 valence electrons. The van der Waals surface area contributed by atoms with E-state index < -0.39 is 10.1 Å². The van der Waals surface area contributed by atoms with Crippen LogP contribution in [0.1, 0.15) is 0 Å². The van der Waals surface area contributed by atoms with Crippen molar-refractivity contribution in [3.05, 3.63) is 42.5 Å². The van der Waals surface area contributed by atoms with Crippen molar-refractivity contribution >= 4 is 80.0 Å². The molecule has 0 amide bonds. The van der Waals surface area contributed by atoms with Gasteiger partial charge in [-0.05, 0) is 11.5 Å². The van der Waals surface area contributed by atoms with E-state index >= 15 is 0 Å². The SMILES string of the molecule is O=S(=O)(O)c1cccc2ccccc12.[NaH].[NaH]. The molecule has 0 saturated carbocycles. The fourth-order valence-corrected chi connectivity index (χ4v) is 2.13. The van der Waals surface area contributed by atoms with Crippen LogP contribution in [0.2, 0.25) is 0 Å². The first-order chi connectivity index (χ1) is 6.59.